The van der Waals surface area contributed by atoms with Crippen LogP contribution in [-0.4, -0.2) is 35.6 Å². The molecule has 0 atom stereocenters. The Balaban J connectivity index is 2.03. The number of nitrogens with one attached hydrogen (secondary N) is 1. The number of anilines is 1. The molecular weight excluding hydrogens is 288 g/mol. The number of likely N-dealkylation sites (N-methyl/N-ethyl adjacent to an activating group) is 1. The molecule has 0 amide bonds. The van der Waals surface area contributed by atoms with E-state index < -0.39 is 5.97 Å². The molecule has 120 valence electrons. The highest BCUT2D eigenvalue weighted by atomic mass is 16.4. The number of hydrogen-bond acceptors (Lipinski definition) is 3. The number of carboxylic acid groups (broad SMARTS) is 1. The van der Waals surface area contributed by atoms with Crippen molar-refractivity contribution in [3.8, 4) is 11.1 Å². The van der Waals surface area contributed by atoms with E-state index in [9.17, 15) is 4.79 Å². The Hall–Kier alpha value is -2.33. The molecule has 0 saturated heterocycles. The van der Waals surface area contributed by atoms with Gasteiger partial charge in [0.2, 0.25) is 0 Å². The average molecular weight is 310 g/mol. The largest absolute Gasteiger partial charge is 0.480 e. The van der Waals surface area contributed by atoms with Crippen LogP contribution in [0.3, 0.4) is 0 Å². The van der Waals surface area contributed by atoms with Crippen LogP contribution >= 0.6 is 0 Å². The lowest BCUT2D eigenvalue weighted by molar-refractivity contribution is -0.134. The fraction of sp³-hybridized carbons (Fsp3) is 0.316. The lowest BCUT2D eigenvalue weighted by Gasteiger charge is -2.31. The Morgan fingerprint density at radius 2 is 1.96 bits per heavy atom. The van der Waals surface area contributed by atoms with E-state index >= 15 is 0 Å². The Labute approximate surface area is 136 Å². The maximum absolute atomic E-state index is 10.9. The first-order valence-corrected chi connectivity index (χ1v) is 8.07. The molecule has 3 rings (SSSR count). The minimum absolute atomic E-state index is 0.0523. The molecule has 1 aliphatic heterocycles. The predicted octanol–water partition coefficient (Wildman–Crippen LogP) is 3.23. The Morgan fingerprint density at radius 1 is 1.17 bits per heavy atom. The van der Waals surface area contributed by atoms with E-state index in [1.807, 2.05) is 12.1 Å². The highest BCUT2D eigenvalue weighted by Crippen LogP contribution is 2.34. The molecule has 2 aromatic rings. The van der Waals surface area contributed by atoms with Crippen LogP contribution in [0.1, 0.15) is 18.1 Å². The smallest absolute Gasteiger partial charge is 0.322 e. The molecule has 0 saturated carbocycles. The van der Waals surface area contributed by atoms with Crippen molar-refractivity contribution in [1.82, 2.24) is 4.90 Å². The minimum atomic E-state index is -0.839. The summed E-state index contributed by atoms with van der Waals surface area (Å²) in [5.74, 6) is -0.839. The molecule has 4 nitrogen and oxygen atoms in total. The first kappa shape index (κ1) is 15.6. The fourth-order valence-corrected chi connectivity index (χ4v) is 3.23. The summed E-state index contributed by atoms with van der Waals surface area (Å²) in [5.41, 5.74) is 6.01. The standard InChI is InChI=1S/C19H22N2O2/c1-2-21-11-10-16-15(14-6-4-3-5-7-14)8-9-18(17(16)13-21)20-12-19(22)23/h3-9,20H,2,10-13H2,1H3,(H,22,23). The number of fused-ring (bicyclic) bond motifs is 1. The Morgan fingerprint density at radius 3 is 2.65 bits per heavy atom. The molecule has 0 spiro atoms. The van der Waals surface area contributed by atoms with Gasteiger partial charge < -0.3 is 10.4 Å². The number of carboxylic acids is 1. The fourth-order valence-electron chi connectivity index (χ4n) is 3.23. The summed E-state index contributed by atoms with van der Waals surface area (Å²) in [4.78, 5) is 13.3. The quantitative estimate of drug-likeness (QED) is 0.890. The third-order valence-corrected chi connectivity index (χ3v) is 4.45. The van der Waals surface area contributed by atoms with E-state index in [0.29, 0.717) is 0 Å². The Kier molecular flexibility index (Phi) is 4.63. The van der Waals surface area contributed by atoms with Gasteiger partial charge in [-0.2, -0.15) is 0 Å². The lowest BCUT2D eigenvalue weighted by Crippen LogP contribution is -2.31. The number of benzene rings is 2. The molecular formula is C19H22N2O2. The molecule has 1 heterocycles. The molecule has 0 aromatic heterocycles. The highest BCUT2D eigenvalue weighted by molar-refractivity contribution is 5.77. The average Bonchev–Trinajstić information content (AvgIpc) is 2.59. The highest BCUT2D eigenvalue weighted by Gasteiger charge is 2.21. The van der Waals surface area contributed by atoms with E-state index in [4.69, 9.17) is 5.11 Å². The zero-order chi connectivity index (χ0) is 16.2. The van der Waals surface area contributed by atoms with Crippen LogP contribution in [0, 0.1) is 0 Å². The second-order valence-corrected chi connectivity index (χ2v) is 5.85. The zero-order valence-electron chi connectivity index (χ0n) is 13.4. The molecule has 4 heteroatoms. The van der Waals surface area contributed by atoms with Gasteiger partial charge >= 0.3 is 5.97 Å². The topological polar surface area (TPSA) is 52.6 Å². The van der Waals surface area contributed by atoms with E-state index in [1.165, 1.54) is 22.3 Å². The number of carbonyl (C=O) groups is 1. The summed E-state index contributed by atoms with van der Waals surface area (Å²) < 4.78 is 0. The van der Waals surface area contributed by atoms with Crippen molar-refractivity contribution in [2.24, 2.45) is 0 Å². The number of nitrogens with zero attached hydrogens (tertiary/aromatic N) is 1. The molecule has 0 fully saturated rings. The van der Waals surface area contributed by atoms with Crippen LogP contribution in [0.4, 0.5) is 5.69 Å². The van der Waals surface area contributed by atoms with Crippen LogP contribution in [0.2, 0.25) is 0 Å². The molecule has 2 N–H and O–H groups in total. The van der Waals surface area contributed by atoms with E-state index in [0.717, 1.165) is 31.7 Å². The van der Waals surface area contributed by atoms with Crippen LogP contribution in [0.15, 0.2) is 42.5 Å². The lowest BCUT2D eigenvalue weighted by atomic mass is 9.89. The molecule has 0 radical (unpaired) electrons. The third kappa shape index (κ3) is 3.37. The maximum atomic E-state index is 10.9. The van der Waals surface area contributed by atoms with Gasteiger partial charge in [-0.25, -0.2) is 0 Å². The Bertz CT molecular complexity index is 698. The summed E-state index contributed by atoms with van der Waals surface area (Å²) in [6, 6.07) is 14.5. The van der Waals surface area contributed by atoms with Gasteiger partial charge in [0.1, 0.15) is 6.54 Å². The normalized spacial score (nSPS) is 14.3. The molecule has 1 aliphatic rings. The molecule has 0 unspecified atom stereocenters. The minimum Gasteiger partial charge on any atom is -0.480 e. The van der Waals surface area contributed by atoms with Crippen LogP contribution in [-0.2, 0) is 17.8 Å². The van der Waals surface area contributed by atoms with Crippen LogP contribution in [0.25, 0.3) is 11.1 Å². The maximum Gasteiger partial charge on any atom is 0.322 e. The van der Waals surface area contributed by atoms with Gasteiger partial charge in [0, 0.05) is 18.8 Å². The number of hydrogen-bond donors (Lipinski definition) is 2. The van der Waals surface area contributed by atoms with Gasteiger partial charge in [-0.05, 0) is 41.3 Å². The van der Waals surface area contributed by atoms with Crippen molar-refractivity contribution in [3.05, 3.63) is 53.6 Å². The van der Waals surface area contributed by atoms with Crippen molar-refractivity contribution in [3.63, 3.8) is 0 Å². The SMILES string of the molecule is CCN1CCc2c(-c3ccccc3)ccc(NCC(=O)O)c2C1. The second-order valence-electron chi connectivity index (χ2n) is 5.85. The van der Waals surface area contributed by atoms with E-state index in [1.54, 1.807) is 0 Å². The van der Waals surface area contributed by atoms with Gasteiger partial charge in [-0.1, -0.05) is 43.3 Å². The van der Waals surface area contributed by atoms with Crippen molar-refractivity contribution in [2.75, 3.05) is 25.0 Å². The summed E-state index contributed by atoms with van der Waals surface area (Å²) in [5, 5.41) is 12.0. The first-order valence-electron chi connectivity index (χ1n) is 8.07. The second kappa shape index (κ2) is 6.84. The molecule has 2 aromatic carbocycles. The summed E-state index contributed by atoms with van der Waals surface area (Å²) in [7, 11) is 0. The van der Waals surface area contributed by atoms with Crippen LogP contribution in [0.5, 0.6) is 0 Å². The van der Waals surface area contributed by atoms with Crippen molar-refractivity contribution in [1.29, 1.82) is 0 Å². The predicted molar refractivity (Wildman–Crippen MR) is 92.7 cm³/mol. The zero-order valence-corrected chi connectivity index (χ0v) is 13.4. The summed E-state index contributed by atoms with van der Waals surface area (Å²) in [6.07, 6.45) is 0.996. The molecule has 0 bridgehead atoms. The first-order chi connectivity index (χ1) is 11.2. The van der Waals surface area contributed by atoms with Gasteiger partial charge in [0.05, 0.1) is 0 Å². The molecule has 23 heavy (non-hydrogen) atoms. The summed E-state index contributed by atoms with van der Waals surface area (Å²) in [6.45, 7) is 5.03. The molecule has 0 aliphatic carbocycles. The van der Waals surface area contributed by atoms with Gasteiger partial charge in [0.15, 0.2) is 0 Å². The monoisotopic (exact) mass is 310 g/mol. The van der Waals surface area contributed by atoms with E-state index in [-0.39, 0.29) is 6.54 Å². The van der Waals surface area contributed by atoms with Crippen molar-refractivity contribution in [2.45, 2.75) is 19.9 Å². The third-order valence-electron chi connectivity index (χ3n) is 4.45. The van der Waals surface area contributed by atoms with E-state index in [2.05, 4.69) is 47.5 Å². The number of rotatable bonds is 5. The van der Waals surface area contributed by atoms with Crippen LogP contribution < -0.4 is 5.32 Å². The van der Waals surface area contributed by atoms with Gasteiger partial charge in [-0.3, -0.25) is 9.69 Å². The number of aliphatic carboxylic acids is 1. The van der Waals surface area contributed by atoms with Gasteiger partial charge in [0.25, 0.3) is 0 Å². The van der Waals surface area contributed by atoms with Crippen molar-refractivity contribution < 1.29 is 9.90 Å². The van der Waals surface area contributed by atoms with Crippen molar-refractivity contribution >= 4 is 11.7 Å². The summed E-state index contributed by atoms with van der Waals surface area (Å²) >= 11 is 0. The van der Waals surface area contributed by atoms with Gasteiger partial charge in [-0.15, -0.1) is 0 Å².